The lowest BCUT2D eigenvalue weighted by atomic mass is 9.33. The molecule has 4 heteroatoms. The van der Waals surface area contributed by atoms with E-state index in [0.717, 1.165) is 62.6 Å². The van der Waals surface area contributed by atoms with Crippen molar-refractivity contribution >= 4 is 11.7 Å². The van der Waals surface area contributed by atoms with Crippen LogP contribution in [0, 0.1) is 50.2 Å². The fraction of sp³-hybridized carbons (Fsp3) is 0.730. The van der Waals surface area contributed by atoms with E-state index in [1.165, 1.54) is 12.8 Å². The van der Waals surface area contributed by atoms with E-state index in [0.29, 0.717) is 18.4 Å². The molecule has 4 fully saturated rings. The Bertz CT molecular complexity index is 1260. The van der Waals surface area contributed by atoms with Crippen LogP contribution in [0.4, 0.5) is 0 Å². The Kier molecular flexibility index (Phi) is 6.68. The van der Waals surface area contributed by atoms with Crippen LogP contribution in [0.3, 0.4) is 0 Å². The number of carbonyl (C=O) groups is 1. The van der Waals surface area contributed by atoms with Gasteiger partial charge in [-0.05, 0) is 115 Å². The average molecular weight is 560 g/mol. The maximum atomic E-state index is 14.2. The third kappa shape index (κ3) is 4.20. The van der Waals surface area contributed by atoms with Crippen LogP contribution in [0.15, 0.2) is 47.1 Å². The number of oxime groups is 1. The van der Waals surface area contributed by atoms with Gasteiger partial charge in [0.2, 0.25) is 0 Å². The molecule has 4 nitrogen and oxygen atoms in total. The Balaban J connectivity index is 1.38. The van der Waals surface area contributed by atoms with E-state index in [2.05, 4.69) is 59.7 Å². The predicted molar refractivity (Wildman–Crippen MR) is 164 cm³/mol. The fourth-order valence-electron chi connectivity index (χ4n) is 11.6. The summed E-state index contributed by atoms with van der Waals surface area (Å²) in [5.41, 5.74) is 3.87. The van der Waals surface area contributed by atoms with Crippen molar-refractivity contribution in [3.05, 3.63) is 47.5 Å². The summed E-state index contributed by atoms with van der Waals surface area (Å²) in [6, 6.07) is 10.1. The molecule has 5 aliphatic carbocycles. The molecule has 0 bridgehead atoms. The first-order valence-electron chi connectivity index (χ1n) is 16.3. The van der Waals surface area contributed by atoms with Gasteiger partial charge in [-0.25, -0.2) is 0 Å². The minimum Gasteiger partial charge on any atom is -0.460 e. The highest BCUT2D eigenvalue weighted by atomic mass is 16.5. The van der Waals surface area contributed by atoms with Crippen LogP contribution in [0.2, 0.25) is 0 Å². The summed E-state index contributed by atoms with van der Waals surface area (Å²) in [6.45, 7) is 17.6. The molecule has 1 aromatic rings. The summed E-state index contributed by atoms with van der Waals surface area (Å²) in [5.74, 6) is 1.44. The SMILES string of the molecule is CC1(C)CC[C@]2(C(=O)OCc3ccccc3)CC[C@]3(C)C(=CC[C@@H]4[C@@]5(C)C/C(=N\O)CC(C)(C)[C@@H]5CC[C@]43C)[C@@H]2C1. The first kappa shape index (κ1) is 29.0. The van der Waals surface area contributed by atoms with E-state index in [1.54, 1.807) is 5.57 Å². The van der Waals surface area contributed by atoms with Gasteiger partial charge in [0, 0.05) is 0 Å². The van der Waals surface area contributed by atoms with Gasteiger partial charge in [-0.15, -0.1) is 0 Å². The molecule has 0 radical (unpaired) electrons. The molecule has 6 rings (SSSR count). The van der Waals surface area contributed by atoms with Crippen molar-refractivity contribution in [2.24, 2.45) is 55.4 Å². The van der Waals surface area contributed by atoms with Crippen molar-refractivity contribution in [2.45, 2.75) is 119 Å². The number of carbonyl (C=O) groups excluding carboxylic acids is 1. The molecule has 0 aliphatic heterocycles. The average Bonchev–Trinajstić information content (AvgIpc) is 2.91. The zero-order valence-electron chi connectivity index (χ0n) is 26.7. The summed E-state index contributed by atoms with van der Waals surface area (Å²) in [4.78, 5) is 14.2. The van der Waals surface area contributed by atoms with Crippen LogP contribution in [0.1, 0.15) is 118 Å². The first-order valence-corrected chi connectivity index (χ1v) is 16.3. The van der Waals surface area contributed by atoms with E-state index >= 15 is 0 Å². The summed E-state index contributed by atoms with van der Waals surface area (Å²) in [5, 5.41) is 13.8. The number of benzene rings is 1. The van der Waals surface area contributed by atoms with Crippen LogP contribution < -0.4 is 0 Å². The second-order valence-corrected chi connectivity index (χ2v) is 16.9. The minimum atomic E-state index is -0.413. The zero-order chi connectivity index (χ0) is 29.5. The molecule has 4 saturated carbocycles. The van der Waals surface area contributed by atoms with Gasteiger partial charge < -0.3 is 9.94 Å². The molecule has 7 atom stereocenters. The zero-order valence-corrected chi connectivity index (χ0v) is 26.7. The minimum absolute atomic E-state index is 0.0329. The van der Waals surface area contributed by atoms with Crippen LogP contribution in [0.5, 0.6) is 0 Å². The van der Waals surface area contributed by atoms with Gasteiger partial charge in [0.05, 0.1) is 11.1 Å². The van der Waals surface area contributed by atoms with Gasteiger partial charge >= 0.3 is 5.97 Å². The van der Waals surface area contributed by atoms with Crippen molar-refractivity contribution in [3.63, 3.8) is 0 Å². The molecule has 0 amide bonds. The molecule has 1 N–H and O–H groups in total. The maximum absolute atomic E-state index is 14.2. The first-order chi connectivity index (χ1) is 19.2. The molecule has 0 unspecified atom stereocenters. The molecule has 224 valence electrons. The lowest BCUT2D eigenvalue weighted by molar-refractivity contribution is -0.184. The number of hydrogen-bond acceptors (Lipinski definition) is 4. The molecule has 5 aliphatic rings. The highest BCUT2D eigenvalue weighted by Gasteiger charge is 2.69. The molecule has 0 spiro atoms. The van der Waals surface area contributed by atoms with E-state index in [4.69, 9.17) is 4.74 Å². The third-order valence-electron chi connectivity index (χ3n) is 13.9. The molecular weight excluding hydrogens is 506 g/mol. The lowest BCUT2D eigenvalue weighted by Gasteiger charge is -2.70. The van der Waals surface area contributed by atoms with E-state index < -0.39 is 5.41 Å². The maximum Gasteiger partial charge on any atom is 0.313 e. The monoisotopic (exact) mass is 559 g/mol. The summed E-state index contributed by atoms with van der Waals surface area (Å²) in [7, 11) is 0. The molecule has 0 aromatic heterocycles. The van der Waals surface area contributed by atoms with Crippen molar-refractivity contribution in [1.29, 1.82) is 0 Å². The van der Waals surface area contributed by atoms with E-state index in [-0.39, 0.29) is 39.0 Å². The number of fused-ring (bicyclic) bond motifs is 7. The highest BCUT2D eigenvalue weighted by Crippen LogP contribution is 2.75. The highest BCUT2D eigenvalue weighted by molar-refractivity contribution is 5.86. The Hall–Kier alpha value is -2.10. The second-order valence-electron chi connectivity index (χ2n) is 16.9. The number of hydrogen-bond donors (Lipinski definition) is 1. The molecule has 0 heterocycles. The number of allylic oxidation sites excluding steroid dienone is 2. The van der Waals surface area contributed by atoms with E-state index in [1.807, 2.05) is 30.3 Å². The summed E-state index contributed by atoms with van der Waals surface area (Å²) < 4.78 is 6.17. The van der Waals surface area contributed by atoms with Crippen molar-refractivity contribution in [2.75, 3.05) is 0 Å². The smallest absolute Gasteiger partial charge is 0.313 e. The third-order valence-corrected chi connectivity index (χ3v) is 13.9. The van der Waals surface area contributed by atoms with Crippen LogP contribution in [-0.4, -0.2) is 16.9 Å². The molecule has 0 saturated heterocycles. The number of nitrogens with zero attached hydrogens (tertiary/aromatic N) is 1. The van der Waals surface area contributed by atoms with Crippen LogP contribution in [-0.2, 0) is 16.1 Å². The Morgan fingerprint density at radius 3 is 2.34 bits per heavy atom. The van der Waals surface area contributed by atoms with Gasteiger partial charge in [0.1, 0.15) is 6.61 Å². The van der Waals surface area contributed by atoms with Gasteiger partial charge in [0.25, 0.3) is 0 Å². The van der Waals surface area contributed by atoms with Crippen molar-refractivity contribution in [1.82, 2.24) is 0 Å². The second kappa shape index (κ2) is 9.45. The van der Waals surface area contributed by atoms with Gasteiger partial charge in [-0.2, -0.15) is 0 Å². The van der Waals surface area contributed by atoms with Crippen LogP contribution in [0.25, 0.3) is 0 Å². The number of esters is 1. The van der Waals surface area contributed by atoms with Gasteiger partial charge in [0.15, 0.2) is 0 Å². The van der Waals surface area contributed by atoms with Crippen molar-refractivity contribution in [3.8, 4) is 0 Å². The van der Waals surface area contributed by atoms with Gasteiger partial charge in [-0.3, -0.25) is 4.79 Å². The number of rotatable bonds is 3. The summed E-state index contributed by atoms with van der Waals surface area (Å²) in [6.07, 6.45) is 13.0. The lowest BCUT2D eigenvalue weighted by Crippen LogP contribution is -2.64. The van der Waals surface area contributed by atoms with Crippen LogP contribution >= 0.6 is 0 Å². The van der Waals surface area contributed by atoms with Gasteiger partial charge in [-0.1, -0.05) is 95.6 Å². The van der Waals surface area contributed by atoms with Crippen molar-refractivity contribution < 1.29 is 14.7 Å². The topological polar surface area (TPSA) is 58.9 Å². The normalized spacial score (nSPS) is 43.5. The quantitative estimate of drug-likeness (QED) is 0.174. The fourth-order valence-corrected chi connectivity index (χ4v) is 11.6. The predicted octanol–water partition coefficient (Wildman–Crippen LogP) is 9.36. The Labute approximate surface area is 248 Å². The molecular formula is C37H53NO3. The Morgan fingerprint density at radius 1 is 0.927 bits per heavy atom. The molecule has 41 heavy (non-hydrogen) atoms. The standard InChI is InChI=1S/C37H53NO3/c1-32(2)17-19-37(31(39)41-24-25-11-9-8-10-12-25)20-18-35(6)27(28(37)23-32)13-14-30-34(5)22-26(38-40)21-33(3,4)29(34)15-16-36(30,35)7/h8-13,28-30,40H,14-24H2,1-7H3/b38-26-/t28-,29-,30+,34-,35+,36+,37-/m0/s1. The summed E-state index contributed by atoms with van der Waals surface area (Å²) >= 11 is 0. The largest absolute Gasteiger partial charge is 0.460 e. The Morgan fingerprint density at radius 2 is 1.63 bits per heavy atom. The number of ether oxygens (including phenoxy) is 1. The van der Waals surface area contributed by atoms with E-state index in [9.17, 15) is 10.0 Å². The molecule has 1 aromatic carbocycles.